The number of carboxylic acids is 1. The van der Waals surface area contributed by atoms with Crippen molar-refractivity contribution in [3.8, 4) is 22.6 Å². The Morgan fingerprint density at radius 2 is 1.50 bits per heavy atom. The molecule has 0 atom stereocenters. The van der Waals surface area contributed by atoms with E-state index in [2.05, 4.69) is 12.1 Å². The number of hydrogen-bond acceptors (Lipinski definition) is 3. The molecule has 4 nitrogen and oxygen atoms in total. The number of rotatable bonds is 4. The topological polar surface area (TPSA) is 66.8 Å². The van der Waals surface area contributed by atoms with Gasteiger partial charge in [-0.1, -0.05) is 18.2 Å². The molecule has 7 rings (SSSR count). The lowest BCUT2D eigenvalue weighted by atomic mass is 9.48. The molecule has 4 aliphatic rings. The molecule has 4 saturated carbocycles. The van der Waals surface area contributed by atoms with Gasteiger partial charge >= 0.3 is 5.97 Å². The molecule has 4 aliphatic carbocycles. The van der Waals surface area contributed by atoms with Crippen molar-refractivity contribution >= 4 is 16.7 Å². The monoisotopic (exact) mass is 428 g/mol. The van der Waals surface area contributed by atoms with Crippen LogP contribution in [0, 0.1) is 17.8 Å². The summed E-state index contributed by atoms with van der Waals surface area (Å²) in [7, 11) is 1.62. The maximum Gasteiger partial charge on any atom is 0.335 e. The number of hydrogen-bond donors (Lipinski definition) is 2. The third-order valence-corrected chi connectivity index (χ3v) is 8.32. The first-order valence-electron chi connectivity index (χ1n) is 11.6. The number of ether oxygens (including phenoxy) is 1. The summed E-state index contributed by atoms with van der Waals surface area (Å²) < 4.78 is 5.63. The molecule has 3 aromatic carbocycles. The Bertz CT molecular complexity index is 1210. The molecule has 164 valence electrons. The molecule has 2 N–H and O–H groups in total. The van der Waals surface area contributed by atoms with Gasteiger partial charge in [0.1, 0.15) is 0 Å². The maximum absolute atomic E-state index is 11.3. The number of fused-ring (bicyclic) bond motifs is 1. The second kappa shape index (κ2) is 6.99. The van der Waals surface area contributed by atoms with E-state index in [1.807, 2.05) is 24.3 Å². The summed E-state index contributed by atoms with van der Waals surface area (Å²) in [5, 5.41) is 22.4. The summed E-state index contributed by atoms with van der Waals surface area (Å²) in [5.74, 6) is 2.30. The van der Waals surface area contributed by atoms with Crippen LogP contribution in [0.3, 0.4) is 0 Å². The van der Waals surface area contributed by atoms with E-state index in [-0.39, 0.29) is 5.41 Å². The Morgan fingerprint density at radius 1 is 0.875 bits per heavy atom. The van der Waals surface area contributed by atoms with Gasteiger partial charge in [-0.05, 0) is 114 Å². The highest BCUT2D eigenvalue weighted by Crippen LogP contribution is 2.62. The fourth-order valence-corrected chi connectivity index (χ4v) is 7.33. The Hall–Kier alpha value is -3.01. The molecule has 0 saturated heterocycles. The van der Waals surface area contributed by atoms with E-state index in [1.165, 1.54) is 38.5 Å². The van der Waals surface area contributed by atoms with Gasteiger partial charge in [0.05, 0.1) is 12.7 Å². The van der Waals surface area contributed by atoms with Crippen molar-refractivity contribution in [2.24, 2.45) is 17.8 Å². The van der Waals surface area contributed by atoms with Crippen molar-refractivity contribution in [3.05, 3.63) is 59.7 Å². The van der Waals surface area contributed by atoms with Gasteiger partial charge in [-0.3, -0.25) is 0 Å². The van der Waals surface area contributed by atoms with Crippen LogP contribution >= 0.6 is 0 Å². The van der Waals surface area contributed by atoms with E-state index in [0.717, 1.165) is 45.2 Å². The molecule has 4 fully saturated rings. The predicted molar refractivity (Wildman–Crippen MR) is 124 cm³/mol. The number of phenols is 1. The van der Waals surface area contributed by atoms with Gasteiger partial charge in [-0.15, -0.1) is 0 Å². The van der Waals surface area contributed by atoms with Gasteiger partial charge in [0.15, 0.2) is 11.5 Å². The van der Waals surface area contributed by atoms with Crippen LogP contribution in [0.1, 0.15) is 54.4 Å². The van der Waals surface area contributed by atoms with Crippen molar-refractivity contribution in [1.82, 2.24) is 0 Å². The van der Waals surface area contributed by atoms with Crippen LogP contribution in [0.2, 0.25) is 0 Å². The van der Waals surface area contributed by atoms with E-state index in [1.54, 1.807) is 19.2 Å². The highest BCUT2D eigenvalue weighted by Gasteiger charge is 2.52. The minimum Gasteiger partial charge on any atom is -0.504 e. The molecule has 0 amide bonds. The Kier molecular flexibility index (Phi) is 4.30. The molecule has 4 bridgehead atoms. The summed E-state index contributed by atoms with van der Waals surface area (Å²) in [6, 6.07) is 15.4. The van der Waals surface area contributed by atoms with Crippen LogP contribution in [-0.4, -0.2) is 23.3 Å². The molecule has 0 aromatic heterocycles. The zero-order chi connectivity index (χ0) is 22.0. The van der Waals surface area contributed by atoms with Gasteiger partial charge < -0.3 is 14.9 Å². The molecular formula is C28H28O4. The Morgan fingerprint density at radius 3 is 2.12 bits per heavy atom. The lowest BCUT2D eigenvalue weighted by Gasteiger charge is -2.57. The van der Waals surface area contributed by atoms with Gasteiger partial charge in [-0.25, -0.2) is 4.79 Å². The Balaban J connectivity index is 1.46. The fourth-order valence-electron chi connectivity index (χ4n) is 7.33. The fraction of sp³-hybridized carbons (Fsp3) is 0.393. The number of aromatic carboxylic acids is 1. The first-order chi connectivity index (χ1) is 15.4. The van der Waals surface area contributed by atoms with Crippen LogP contribution in [0.4, 0.5) is 0 Å². The quantitative estimate of drug-likeness (QED) is 0.505. The standard InChI is InChI=1S/C28H28O4/c1-32-25-12-23(21-3-2-20-10-22(27(30)31)5-4-19(20)9-21)11-24(26(25)29)28-13-16-6-17(14-28)8-18(7-16)15-28/h2-5,9-12,16-18,29H,6-8,13-15H2,1H3,(H,30,31). The average molecular weight is 429 g/mol. The van der Waals surface area contributed by atoms with Gasteiger partial charge in [0, 0.05) is 5.56 Å². The summed E-state index contributed by atoms with van der Waals surface area (Å²) >= 11 is 0. The summed E-state index contributed by atoms with van der Waals surface area (Å²) in [4.78, 5) is 11.3. The molecule has 32 heavy (non-hydrogen) atoms. The van der Waals surface area contributed by atoms with Crippen molar-refractivity contribution in [1.29, 1.82) is 0 Å². The number of aromatic hydroxyl groups is 1. The van der Waals surface area contributed by atoms with Crippen LogP contribution in [0.5, 0.6) is 11.5 Å². The Labute approximate surface area is 187 Å². The third kappa shape index (κ3) is 3.00. The average Bonchev–Trinajstić information content (AvgIpc) is 2.77. The SMILES string of the molecule is COc1cc(-c2ccc3cc(C(=O)O)ccc3c2)cc(C23CC4CC(CC(C4)C2)C3)c1O. The maximum atomic E-state index is 11.3. The van der Waals surface area contributed by atoms with E-state index in [0.29, 0.717) is 17.1 Å². The van der Waals surface area contributed by atoms with E-state index in [9.17, 15) is 15.0 Å². The summed E-state index contributed by atoms with van der Waals surface area (Å²) in [6.07, 6.45) is 7.61. The molecule has 3 aromatic rings. The van der Waals surface area contributed by atoms with Crippen molar-refractivity contribution in [3.63, 3.8) is 0 Å². The highest BCUT2D eigenvalue weighted by molar-refractivity contribution is 5.95. The van der Waals surface area contributed by atoms with Crippen LogP contribution in [0.15, 0.2) is 48.5 Å². The van der Waals surface area contributed by atoms with Crippen LogP contribution in [0.25, 0.3) is 21.9 Å². The minimum absolute atomic E-state index is 0.0648. The lowest BCUT2D eigenvalue weighted by Crippen LogP contribution is -2.48. The third-order valence-electron chi connectivity index (χ3n) is 8.32. The molecule has 0 radical (unpaired) electrons. The van der Waals surface area contributed by atoms with Gasteiger partial charge in [0.25, 0.3) is 0 Å². The normalized spacial score (nSPS) is 28.2. The van der Waals surface area contributed by atoms with Crippen molar-refractivity contribution in [2.75, 3.05) is 7.11 Å². The van der Waals surface area contributed by atoms with Crippen LogP contribution in [-0.2, 0) is 5.41 Å². The molecular weight excluding hydrogens is 400 g/mol. The van der Waals surface area contributed by atoms with Gasteiger partial charge in [-0.2, -0.15) is 0 Å². The number of methoxy groups -OCH3 is 1. The number of benzene rings is 3. The summed E-state index contributed by atoms with van der Waals surface area (Å²) in [5.41, 5.74) is 3.50. The minimum atomic E-state index is -0.917. The largest absolute Gasteiger partial charge is 0.504 e. The van der Waals surface area contributed by atoms with Crippen molar-refractivity contribution in [2.45, 2.75) is 43.9 Å². The molecule has 4 heteroatoms. The van der Waals surface area contributed by atoms with Gasteiger partial charge in [0.2, 0.25) is 0 Å². The predicted octanol–water partition coefficient (Wildman–Crippen LogP) is 6.39. The van der Waals surface area contributed by atoms with E-state index < -0.39 is 5.97 Å². The first kappa shape index (κ1) is 19.7. The summed E-state index contributed by atoms with van der Waals surface area (Å²) in [6.45, 7) is 0. The second-order valence-electron chi connectivity index (χ2n) is 10.4. The molecule has 0 unspecified atom stereocenters. The van der Waals surface area contributed by atoms with Crippen LogP contribution < -0.4 is 4.74 Å². The molecule has 0 heterocycles. The number of carboxylic acid groups (broad SMARTS) is 1. The zero-order valence-electron chi connectivity index (χ0n) is 18.3. The smallest absolute Gasteiger partial charge is 0.335 e. The van der Waals surface area contributed by atoms with E-state index >= 15 is 0 Å². The van der Waals surface area contributed by atoms with E-state index in [4.69, 9.17) is 4.74 Å². The number of carbonyl (C=O) groups is 1. The second-order valence-corrected chi connectivity index (χ2v) is 10.4. The molecule has 0 aliphatic heterocycles. The highest BCUT2D eigenvalue weighted by atomic mass is 16.5. The number of phenolic OH excluding ortho intramolecular Hbond substituents is 1. The zero-order valence-corrected chi connectivity index (χ0v) is 18.3. The first-order valence-corrected chi connectivity index (χ1v) is 11.6. The molecule has 0 spiro atoms. The lowest BCUT2D eigenvalue weighted by molar-refractivity contribution is -0.00624. The van der Waals surface area contributed by atoms with Crippen molar-refractivity contribution < 1.29 is 19.7 Å².